The molecule has 4 nitrogen and oxygen atoms in total. The summed E-state index contributed by atoms with van der Waals surface area (Å²) in [7, 11) is 0. The predicted octanol–water partition coefficient (Wildman–Crippen LogP) is 11.9. The molecule has 1 spiro atoms. The van der Waals surface area contributed by atoms with Crippen LogP contribution in [0.5, 0.6) is 0 Å². The SMILES string of the molecule is N/C(=N\C(=N/Cc1ccccc1)c1cccc(-n2c3ccc(Br)cc3c3ccc4c(c32)C2C=CC=CC2C42c3ccccc3C3C=CC=CC32)c1)c1ccccc1. The van der Waals surface area contributed by atoms with Crippen molar-refractivity contribution in [3.8, 4) is 5.69 Å². The monoisotopic (exact) mass is 798 g/mol. The van der Waals surface area contributed by atoms with Crippen LogP contribution >= 0.6 is 15.9 Å². The molecule has 0 radical (unpaired) electrons. The number of amidine groups is 2. The Morgan fingerprint density at radius 3 is 2.16 bits per heavy atom. The van der Waals surface area contributed by atoms with Gasteiger partial charge >= 0.3 is 0 Å². The van der Waals surface area contributed by atoms with Crippen LogP contribution in [0.3, 0.4) is 0 Å². The van der Waals surface area contributed by atoms with Gasteiger partial charge < -0.3 is 10.3 Å². The zero-order valence-electron chi connectivity index (χ0n) is 31.2. The van der Waals surface area contributed by atoms with Gasteiger partial charge in [0, 0.05) is 61.1 Å². The predicted molar refractivity (Wildman–Crippen MR) is 239 cm³/mol. The molecule has 1 heterocycles. The fourth-order valence-corrected chi connectivity index (χ4v) is 10.9. The van der Waals surface area contributed by atoms with E-state index in [4.69, 9.17) is 15.7 Å². The van der Waals surface area contributed by atoms with Crippen molar-refractivity contribution in [2.24, 2.45) is 27.6 Å². The average Bonchev–Trinajstić information content (AvgIpc) is 3.87. The minimum atomic E-state index is -0.206. The zero-order valence-corrected chi connectivity index (χ0v) is 32.8. The lowest BCUT2D eigenvalue weighted by Gasteiger charge is -2.40. The molecule has 5 atom stereocenters. The molecular formula is C52H39BrN4. The molecule has 57 heavy (non-hydrogen) atoms. The van der Waals surface area contributed by atoms with Gasteiger partial charge in [-0.25, -0.2) is 4.99 Å². The third-order valence-electron chi connectivity index (χ3n) is 12.7. The number of hydrogen-bond donors (Lipinski definition) is 1. The van der Waals surface area contributed by atoms with Crippen molar-refractivity contribution in [2.75, 3.05) is 0 Å². The van der Waals surface area contributed by atoms with Gasteiger partial charge in [0.15, 0.2) is 5.84 Å². The number of fused-ring (bicyclic) bond motifs is 14. The molecule has 4 aliphatic carbocycles. The van der Waals surface area contributed by atoms with Gasteiger partial charge in [0.1, 0.15) is 5.84 Å². The summed E-state index contributed by atoms with van der Waals surface area (Å²) in [5, 5.41) is 2.47. The fraction of sp³-hybridized carbons (Fsp3) is 0.115. The third kappa shape index (κ3) is 5.18. The quantitative estimate of drug-likeness (QED) is 0.137. The van der Waals surface area contributed by atoms with Crippen LogP contribution < -0.4 is 5.73 Å². The van der Waals surface area contributed by atoms with Crippen molar-refractivity contribution in [2.45, 2.75) is 23.8 Å². The molecule has 4 aliphatic rings. The van der Waals surface area contributed by atoms with Crippen molar-refractivity contribution in [3.63, 3.8) is 0 Å². The second-order valence-corrected chi connectivity index (χ2v) is 16.5. The van der Waals surface area contributed by atoms with Crippen molar-refractivity contribution >= 4 is 49.4 Å². The molecule has 0 fully saturated rings. The number of hydrogen-bond acceptors (Lipinski definition) is 1. The van der Waals surface area contributed by atoms with Crippen LogP contribution in [0, 0.1) is 11.8 Å². The van der Waals surface area contributed by atoms with E-state index in [2.05, 4.69) is 160 Å². The molecule has 11 rings (SSSR count). The first-order valence-corrected chi connectivity index (χ1v) is 20.6. The van der Waals surface area contributed by atoms with E-state index in [1.54, 1.807) is 0 Å². The molecule has 0 bridgehead atoms. The normalized spacial score (nSPS) is 23.0. The lowest BCUT2D eigenvalue weighted by atomic mass is 9.61. The van der Waals surface area contributed by atoms with Crippen LogP contribution in [0.1, 0.15) is 50.8 Å². The Bertz CT molecular complexity index is 2930. The first-order valence-electron chi connectivity index (χ1n) is 19.8. The maximum atomic E-state index is 6.70. The van der Waals surface area contributed by atoms with E-state index >= 15 is 0 Å². The van der Waals surface area contributed by atoms with Gasteiger partial charge in [0.25, 0.3) is 0 Å². The number of benzene rings is 6. The molecule has 5 heteroatoms. The van der Waals surface area contributed by atoms with Gasteiger partial charge in [0.05, 0.1) is 17.6 Å². The van der Waals surface area contributed by atoms with Crippen LogP contribution in [0.4, 0.5) is 0 Å². The Balaban J connectivity index is 1.16. The van der Waals surface area contributed by atoms with E-state index in [1.165, 1.54) is 38.5 Å². The van der Waals surface area contributed by atoms with Crippen molar-refractivity contribution < 1.29 is 0 Å². The van der Waals surface area contributed by atoms with Crippen LogP contribution in [-0.4, -0.2) is 16.2 Å². The second-order valence-electron chi connectivity index (χ2n) is 15.6. The number of nitrogens with two attached hydrogens (primary N) is 1. The molecule has 0 aliphatic heterocycles. The summed E-state index contributed by atoms with van der Waals surface area (Å²) in [6.07, 6.45) is 18.9. The molecule has 5 unspecified atom stereocenters. The van der Waals surface area contributed by atoms with Crippen LogP contribution in [0.25, 0.3) is 27.5 Å². The molecule has 0 amide bonds. The van der Waals surface area contributed by atoms with E-state index in [0.717, 1.165) is 32.4 Å². The molecule has 0 saturated heterocycles. The van der Waals surface area contributed by atoms with Crippen molar-refractivity contribution in [3.05, 3.63) is 232 Å². The topological polar surface area (TPSA) is 55.7 Å². The van der Waals surface area contributed by atoms with E-state index < -0.39 is 0 Å². The molecule has 6 aromatic carbocycles. The molecule has 274 valence electrons. The van der Waals surface area contributed by atoms with Gasteiger partial charge in [0.2, 0.25) is 0 Å². The van der Waals surface area contributed by atoms with Gasteiger partial charge in [-0.05, 0) is 58.1 Å². The number of allylic oxidation sites excluding steroid dienone is 8. The maximum Gasteiger partial charge on any atom is 0.157 e. The van der Waals surface area contributed by atoms with Crippen molar-refractivity contribution in [1.82, 2.24) is 4.57 Å². The van der Waals surface area contributed by atoms with Crippen molar-refractivity contribution in [1.29, 1.82) is 0 Å². The number of halogens is 1. The number of nitrogens with zero attached hydrogens (tertiary/aromatic N) is 3. The molecule has 7 aromatic rings. The Morgan fingerprint density at radius 1 is 0.632 bits per heavy atom. The van der Waals surface area contributed by atoms with E-state index in [-0.39, 0.29) is 17.3 Å². The summed E-state index contributed by atoms with van der Waals surface area (Å²) in [5.74, 6) is 2.15. The van der Waals surface area contributed by atoms with E-state index in [9.17, 15) is 0 Å². The maximum absolute atomic E-state index is 6.70. The highest BCUT2D eigenvalue weighted by molar-refractivity contribution is 9.10. The fourth-order valence-electron chi connectivity index (χ4n) is 10.5. The summed E-state index contributed by atoms with van der Waals surface area (Å²) in [6, 6.07) is 49.7. The van der Waals surface area contributed by atoms with Gasteiger partial charge in [-0.1, -0.05) is 174 Å². The molecular weight excluding hydrogens is 761 g/mol. The summed E-state index contributed by atoms with van der Waals surface area (Å²) >= 11 is 3.83. The summed E-state index contributed by atoms with van der Waals surface area (Å²) < 4.78 is 3.56. The van der Waals surface area contributed by atoms with E-state index in [0.29, 0.717) is 30.1 Å². The van der Waals surface area contributed by atoms with Crippen LogP contribution in [0.15, 0.2) is 203 Å². The van der Waals surface area contributed by atoms with E-state index in [1.807, 2.05) is 48.5 Å². The Kier molecular flexibility index (Phi) is 8.01. The minimum Gasteiger partial charge on any atom is -0.383 e. The van der Waals surface area contributed by atoms with Crippen LogP contribution in [0.2, 0.25) is 0 Å². The first kappa shape index (κ1) is 34.0. The Hall–Kier alpha value is -6.30. The summed E-state index contributed by atoms with van der Waals surface area (Å²) in [6.45, 7) is 0.487. The molecule has 1 aromatic heterocycles. The highest BCUT2D eigenvalue weighted by Crippen LogP contribution is 2.68. The lowest BCUT2D eigenvalue weighted by molar-refractivity contribution is 0.312. The lowest BCUT2D eigenvalue weighted by Crippen LogP contribution is -2.38. The Labute approximate surface area is 340 Å². The standard InChI is InChI=1S/C52H39BrN4/c53-36-26-29-47-42(31-36)40-27-28-46-48(41-22-9-12-25-45(41)52(46)43-23-10-7-20-38(43)39-21-8-11-24-44(39)52)49(40)57(47)37-19-13-18-35(30-37)51(55-32-33-14-3-1-4-15-33)56-50(54)34-16-5-2-6-17-34/h1-31,38,41,43,45H,32H2,(H2,54,55,56). The van der Waals surface area contributed by atoms with Gasteiger partial charge in [-0.3, -0.25) is 4.99 Å². The summed E-state index contributed by atoms with van der Waals surface area (Å²) in [5.41, 5.74) is 18.6. The highest BCUT2D eigenvalue weighted by atomic mass is 79.9. The van der Waals surface area contributed by atoms with Gasteiger partial charge in [-0.2, -0.15) is 0 Å². The number of rotatable bonds is 5. The van der Waals surface area contributed by atoms with Gasteiger partial charge in [-0.15, -0.1) is 0 Å². The van der Waals surface area contributed by atoms with Crippen LogP contribution in [-0.2, 0) is 12.0 Å². The third-order valence-corrected chi connectivity index (χ3v) is 13.2. The largest absolute Gasteiger partial charge is 0.383 e. The molecule has 2 N–H and O–H groups in total. The molecule has 0 saturated carbocycles. The zero-order chi connectivity index (χ0) is 38.1. The highest BCUT2D eigenvalue weighted by Gasteiger charge is 2.61. The minimum absolute atomic E-state index is 0.202. The second kappa shape index (κ2) is 13.4. The Morgan fingerprint density at radius 2 is 1.33 bits per heavy atom. The number of aromatic nitrogens is 1. The smallest absolute Gasteiger partial charge is 0.157 e. The number of aliphatic imine (C=N–C) groups is 2. The first-order chi connectivity index (χ1) is 28.1. The summed E-state index contributed by atoms with van der Waals surface area (Å²) in [4.78, 5) is 10.1. The average molecular weight is 800 g/mol.